The molecule has 0 unspecified atom stereocenters. The van der Waals surface area contributed by atoms with Crippen molar-refractivity contribution in [2.24, 2.45) is 5.41 Å². The Morgan fingerprint density at radius 3 is 2.56 bits per heavy atom. The molecule has 1 heterocycles. The monoisotopic (exact) mass is 222 g/mol. The molecular formula is C12H22N4. The molecule has 0 aliphatic rings. The minimum atomic E-state index is 0.352. The van der Waals surface area contributed by atoms with E-state index in [0.717, 1.165) is 24.7 Å². The van der Waals surface area contributed by atoms with Gasteiger partial charge in [0.05, 0.1) is 0 Å². The normalized spacial score (nSPS) is 11.3. The number of hydrogen-bond acceptors (Lipinski definition) is 4. The van der Waals surface area contributed by atoms with E-state index in [1.54, 1.807) is 6.20 Å². The molecule has 0 radical (unpaired) electrons. The van der Waals surface area contributed by atoms with Crippen LogP contribution < -0.4 is 10.2 Å². The molecule has 1 aromatic heterocycles. The summed E-state index contributed by atoms with van der Waals surface area (Å²) in [6.07, 6.45) is 2.90. The van der Waals surface area contributed by atoms with E-state index in [1.807, 2.05) is 25.1 Å². The first-order valence-corrected chi connectivity index (χ1v) is 5.63. The van der Waals surface area contributed by atoms with Crippen LogP contribution in [0.1, 0.15) is 27.2 Å². The van der Waals surface area contributed by atoms with Crippen molar-refractivity contribution in [2.45, 2.75) is 27.2 Å². The number of anilines is 2. The van der Waals surface area contributed by atoms with Crippen molar-refractivity contribution in [2.75, 3.05) is 30.9 Å². The lowest BCUT2D eigenvalue weighted by atomic mass is 9.92. The van der Waals surface area contributed by atoms with Crippen LogP contribution in [0.25, 0.3) is 0 Å². The fourth-order valence-electron chi connectivity index (χ4n) is 1.23. The van der Waals surface area contributed by atoms with Crippen molar-refractivity contribution in [3.63, 3.8) is 0 Å². The summed E-state index contributed by atoms with van der Waals surface area (Å²) in [6, 6.07) is 1.90. The van der Waals surface area contributed by atoms with E-state index in [0.29, 0.717) is 5.41 Å². The number of aromatic nitrogens is 2. The molecule has 0 aromatic carbocycles. The van der Waals surface area contributed by atoms with Gasteiger partial charge in [0.2, 0.25) is 5.95 Å². The third-order valence-corrected chi connectivity index (χ3v) is 2.22. The molecule has 4 heteroatoms. The highest BCUT2D eigenvalue weighted by molar-refractivity contribution is 5.40. The van der Waals surface area contributed by atoms with Crippen LogP contribution in [0.5, 0.6) is 0 Å². The summed E-state index contributed by atoms with van der Waals surface area (Å²) < 4.78 is 0. The van der Waals surface area contributed by atoms with Gasteiger partial charge in [0, 0.05) is 26.8 Å². The SMILES string of the molecule is CN(C)c1nccc(NCCC(C)(C)C)n1. The van der Waals surface area contributed by atoms with Gasteiger partial charge in [-0.25, -0.2) is 4.98 Å². The van der Waals surface area contributed by atoms with Crippen LogP contribution in [-0.2, 0) is 0 Å². The smallest absolute Gasteiger partial charge is 0.226 e. The van der Waals surface area contributed by atoms with Crippen LogP contribution in [-0.4, -0.2) is 30.6 Å². The van der Waals surface area contributed by atoms with E-state index >= 15 is 0 Å². The maximum atomic E-state index is 4.40. The lowest BCUT2D eigenvalue weighted by molar-refractivity contribution is 0.389. The zero-order valence-electron chi connectivity index (χ0n) is 10.9. The molecule has 16 heavy (non-hydrogen) atoms. The zero-order valence-corrected chi connectivity index (χ0v) is 10.9. The van der Waals surface area contributed by atoms with E-state index in [-0.39, 0.29) is 0 Å². The van der Waals surface area contributed by atoms with E-state index < -0.39 is 0 Å². The summed E-state index contributed by atoms with van der Waals surface area (Å²) >= 11 is 0. The van der Waals surface area contributed by atoms with Gasteiger partial charge in [-0.3, -0.25) is 0 Å². The van der Waals surface area contributed by atoms with Crippen molar-refractivity contribution in [1.82, 2.24) is 9.97 Å². The van der Waals surface area contributed by atoms with Gasteiger partial charge >= 0.3 is 0 Å². The second-order valence-electron chi connectivity index (χ2n) is 5.37. The van der Waals surface area contributed by atoms with Gasteiger partial charge in [0.25, 0.3) is 0 Å². The lowest BCUT2D eigenvalue weighted by Crippen LogP contribution is -2.16. The van der Waals surface area contributed by atoms with Crippen molar-refractivity contribution in [1.29, 1.82) is 0 Å². The molecule has 0 atom stereocenters. The van der Waals surface area contributed by atoms with Gasteiger partial charge in [-0.2, -0.15) is 4.98 Å². The van der Waals surface area contributed by atoms with Gasteiger partial charge in [-0.15, -0.1) is 0 Å². The van der Waals surface area contributed by atoms with Gasteiger partial charge in [0.1, 0.15) is 5.82 Å². The summed E-state index contributed by atoms with van der Waals surface area (Å²) in [4.78, 5) is 10.5. The molecule has 0 saturated carbocycles. The highest BCUT2D eigenvalue weighted by atomic mass is 15.2. The molecule has 0 fully saturated rings. The maximum Gasteiger partial charge on any atom is 0.226 e. The number of nitrogens with one attached hydrogen (secondary N) is 1. The molecule has 0 aliphatic carbocycles. The predicted octanol–water partition coefficient (Wildman–Crippen LogP) is 2.39. The van der Waals surface area contributed by atoms with Crippen LogP contribution in [0, 0.1) is 5.41 Å². The molecule has 90 valence electrons. The summed E-state index contributed by atoms with van der Waals surface area (Å²) in [6.45, 7) is 7.65. The van der Waals surface area contributed by atoms with Crippen LogP contribution in [0.15, 0.2) is 12.3 Å². The minimum absolute atomic E-state index is 0.352. The third-order valence-electron chi connectivity index (χ3n) is 2.22. The van der Waals surface area contributed by atoms with E-state index in [4.69, 9.17) is 0 Å². The topological polar surface area (TPSA) is 41.1 Å². The predicted molar refractivity (Wildman–Crippen MR) is 68.9 cm³/mol. The number of rotatable bonds is 4. The summed E-state index contributed by atoms with van der Waals surface area (Å²) in [5.74, 6) is 1.63. The molecule has 0 aliphatic heterocycles. The maximum absolute atomic E-state index is 4.40. The summed E-state index contributed by atoms with van der Waals surface area (Å²) in [5.41, 5.74) is 0.352. The molecule has 1 N–H and O–H groups in total. The Morgan fingerprint density at radius 1 is 1.31 bits per heavy atom. The van der Waals surface area contributed by atoms with E-state index in [1.165, 1.54) is 0 Å². The number of hydrogen-bond donors (Lipinski definition) is 1. The quantitative estimate of drug-likeness (QED) is 0.849. The Bertz CT molecular complexity index is 328. The van der Waals surface area contributed by atoms with Gasteiger partial charge in [-0.1, -0.05) is 20.8 Å². The first-order valence-electron chi connectivity index (χ1n) is 5.63. The van der Waals surface area contributed by atoms with Gasteiger partial charge < -0.3 is 10.2 Å². The molecule has 4 nitrogen and oxygen atoms in total. The van der Waals surface area contributed by atoms with Crippen LogP contribution in [0.2, 0.25) is 0 Å². The molecule has 0 bridgehead atoms. The highest BCUT2D eigenvalue weighted by Crippen LogP contribution is 2.18. The minimum Gasteiger partial charge on any atom is -0.370 e. The molecule has 1 rings (SSSR count). The van der Waals surface area contributed by atoms with E-state index in [9.17, 15) is 0 Å². The van der Waals surface area contributed by atoms with Crippen molar-refractivity contribution in [3.8, 4) is 0 Å². The standard InChI is InChI=1S/C12H22N4/c1-12(2,3)7-9-13-10-6-8-14-11(15-10)16(4)5/h6,8H,7,9H2,1-5H3,(H,13,14,15). The Morgan fingerprint density at radius 2 is 2.00 bits per heavy atom. The fourth-order valence-corrected chi connectivity index (χ4v) is 1.23. The summed E-state index contributed by atoms with van der Waals surface area (Å²) in [7, 11) is 3.88. The zero-order chi connectivity index (χ0) is 12.2. The summed E-state index contributed by atoms with van der Waals surface area (Å²) in [5, 5.41) is 3.32. The Labute approximate surface area is 98.1 Å². The van der Waals surface area contributed by atoms with Crippen LogP contribution in [0.4, 0.5) is 11.8 Å². The molecule has 1 aromatic rings. The van der Waals surface area contributed by atoms with Crippen molar-refractivity contribution < 1.29 is 0 Å². The van der Waals surface area contributed by atoms with Crippen molar-refractivity contribution >= 4 is 11.8 Å². The second kappa shape index (κ2) is 5.14. The molecule has 0 spiro atoms. The van der Waals surface area contributed by atoms with Gasteiger partial charge in [-0.05, 0) is 17.9 Å². The van der Waals surface area contributed by atoms with Crippen molar-refractivity contribution in [3.05, 3.63) is 12.3 Å². The molecular weight excluding hydrogens is 200 g/mol. The molecule has 0 saturated heterocycles. The highest BCUT2D eigenvalue weighted by Gasteiger charge is 2.09. The Hall–Kier alpha value is -1.32. The average Bonchev–Trinajstić information content (AvgIpc) is 2.16. The Balaban J connectivity index is 2.51. The number of nitrogens with zero attached hydrogens (tertiary/aromatic N) is 3. The van der Waals surface area contributed by atoms with Crippen LogP contribution >= 0.6 is 0 Å². The fraction of sp³-hybridized carbons (Fsp3) is 0.667. The lowest BCUT2D eigenvalue weighted by Gasteiger charge is -2.18. The van der Waals surface area contributed by atoms with Gasteiger partial charge in [0.15, 0.2) is 0 Å². The third kappa shape index (κ3) is 4.47. The van der Waals surface area contributed by atoms with E-state index in [2.05, 4.69) is 36.1 Å². The average molecular weight is 222 g/mol. The first kappa shape index (κ1) is 12.7. The first-order chi connectivity index (χ1) is 7.38. The Kier molecular flexibility index (Phi) is 4.10. The van der Waals surface area contributed by atoms with Crippen LogP contribution in [0.3, 0.4) is 0 Å². The largest absolute Gasteiger partial charge is 0.370 e. The molecule has 0 amide bonds. The second-order valence-corrected chi connectivity index (χ2v) is 5.37.